The molecule has 0 saturated heterocycles. The van der Waals surface area contributed by atoms with Crippen LogP contribution in [-0.2, 0) is 14.1 Å². The summed E-state index contributed by atoms with van der Waals surface area (Å²) >= 11 is 0. The zero-order valence-corrected chi connectivity index (χ0v) is 18.4. The van der Waals surface area contributed by atoms with Crippen LogP contribution in [0.5, 0.6) is 0 Å². The number of hydrogen-bond donors (Lipinski definition) is 0. The summed E-state index contributed by atoms with van der Waals surface area (Å²) in [5.41, 5.74) is 7.25. The smallest absolute Gasteiger partial charge is 0.201 e. The number of pyridine rings is 2. The number of rotatable bonds is 4. The zero-order valence-electron chi connectivity index (χ0n) is 18.4. The summed E-state index contributed by atoms with van der Waals surface area (Å²) in [6.45, 7) is 0. The lowest BCUT2D eigenvalue weighted by Crippen LogP contribution is -2.27. The van der Waals surface area contributed by atoms with Gasteiger partial charge in [0.15, 0.2) is 12.4 Å². The van der Waals surface area contributed by atoms with Crippen molar-refractivity contribution in [3.63, 3.8) is 0 Å². The molecule has 0 bridgehead atoms. The molecular weight excluding hydrogens is 388 g/mol. The van der Waals surface area contributed by atoms with Crippen molar-refractivity contribution in [1.82, 2.24) is 0 Å². The summed E-state index contributed by atoms with van der Waals surface area (Å²) in [4.78, 5) is 0. The third kappa shape index (κ3) is 4.21. The second-order valence-corrected chi connectivity index (χ2v) is 8.21. The molecule has 3 aromatic carbocycles. The van der Waals surface area contributed by atoms with Gasteiger partial charge in [-0.1, -0.05) is 60.7 Å². The summed E-state index contributed by atoms with van der Waals surface area (Å²) in [7, 11) is 4.17. The van der Waals surface area contributed by atoms with Crippen LogP contribution in [0, 0.1) is 0 Å². The van der Waals surface area contributed by atoms with Gasteiger partial charge in [-0.05, 0) is 46.5 Å². The van der Waals surface area contributed by atoms with Gasteiger partial charge in [0.1, 0.15) is 14.1 Å². The maximum Gasteiger partial charge on any atom is 0.212 e. The lowest BCUT2D eigenvalue weighted by atomic mass is 10.1. The van der Waals surface area contributed by atoms with Gasteiger partial charge in [0, 0.05) is 35.0 Å². The fraction of sp³-hybridized carbons (Fsp3) is 0.0667. The van der Waals surface area contributed by atoms with Crippen LogP contribution in [0.25, 0.3) is 46.1 Å². The molecule has 2 heterocycles. The quantitative estimate of drug-likeness (QED) is 0.252. The first-order chi connectivity index (χ1) is 15.7. The molecule has 0 aliphatic heterocycles. The lowest BCUT2D eigenvalue weighted by molar-refractivity contribution is -0.645. The predicted octanol–water partition coefficient (Wildman–Crippen LogP) is 5.98. The molecule has 0 unspecified atom stereocenters. The first-order valence-corrected chi connectivity index (χ1v) is 10.9. The Morgan fingerprint density at radius 2 is 0.844 bits per heavy atom. The Bertz CT molecular complexity index is 1360. The molecule has 2 aromatic heterocycles. The van der Waals surface area contributed by atoms with Crippen LogP contribution in [0.1, 0.15) is 22.3 Å². The van der Waals surface area contributed by atoms with E-state index in [1.807, 2.05) is 0 Å². The summed E-state index contributed by atoms with van der Waals surface area (Å²) in [6.07, 6.45) is 12.8. The molecule has 0 aliphatic rings. The highest BCUT2D eigenvalue weighted by Gasteiger charge is 2.04. The topological polar surface area (TPSA) is 7.76 Å². The highest BCUT2D eigenvalue weighted by Crippen LogP contribution is 2.17. The van der Waals surface area contributed by atoms with Crippen LogP contribution in [0.15, 0.2) is 97.3 Å². The Kier molecular flexibility index (Phi) is 5.35. The average molecular weight is 415 g/mol. The second-order valence-electron chi connectivity index (χ2n) is 8.21. The highest BCUT2D eigenvalue weighted by molar-refractivity contribution is 5.82. The molecule has 0 saturated carbocycles. The minimum Gasteiger partial charge on any atom is -0.201 e. The van der Waals surface area contributed by atoms with Crippen molar-refractivity contribution >= 4 is 46.1 Å². The van der Waals surface area contributed by atoms with Gasteiger partial charge < -0.3 is 0 Å². The average Bonchev–Trinajstić information content (AvgIpc) is 2.83. The molecule has 2 nitrogen and oxygen atoms in total. The van der Waals surface area contributed by atoms with Crippen molar-refractivity contribution in [1.29, 1.82) is 0 Å². The van der Waals surface area contributed by atoms with Gasteiger partial charge in [0.25, 0.3) is 0 Å². The Labute approximate surface area is 189 Å². The van der Waals surface area contributed by atoms with Crippen molar-refractivity contribution in [2.24, 2.45) is 14.1 Å². The molecule has 0 fully saturated rings. The minimum absolute atomic E-state index is 1.19. The summed E-state index contributed by atoms with van der Waals surface area (Å²) in [5.74, 6) is 0. The van der Waals surface area contributed by atoms with Crippen molar-refractivity contribution in [3.05, 3.63) is 120 Å². The molecule has 0 radical (unpaired) electrons. The predicted molar refractivity (Wildman–Crippen MR) is 135 cm³/mol. The third-order valence-corrected chi connectivity index (χ3v) is 5.91. The molecule has 5 aromatic rings. The zero-order chi connectivity index (χ0) is 21.9. The summed E-state index contributed by atoms with van der Waals surface area (Å²) in [6, 6.07) is 30.2. The van der Waals surface area contributed by atoms with Gasteiger partial charge in [-0.25, -0.2) is 9.13 Å². The fourth-order valence-electron chi connectivity index (χ4n) is 4.04. The van der Waals surface area contributed by atoms with Crippen molar-refractivity contribution < 1.29 is 9.13 Å². The summed E-state index contributed by atoms with van der Waals surface area (Å²) in [5, 5.41) is 2.51. The van der Waals surface area contributed by atoms with E-state index in [4.69, 9.17) is 0 Å². The van der Waals surface area contributed by atoms with E-state index in [0.29, 0.717) is 0 Å². The molecule has 0 aliphatic carbocycles. The minimum atomic E-state index is 1.19. The van der Waals surface area contributed by atoms with Gasteiger partial charge in [-0.2, -0.15) is 0 Å². The van der Waals surface area contributed by atoms with E-state index < -0.39 is 0 Å². The van der Waals surface area contributed by atoms with Gasteiger partial charge in [0.2, 0.25) is 11.0 Å². The normalized spacial score (nSPS) is 11.8. The Hall–Kier alpha value is -4.04. The number of aryl methyl sites for hydroxylation is 2. The van der Waals surface area contributed by atoms with E-state index in [-0.39, 0.29) is 0 Å². The van der Waals surface area contributed by atoms with E-state index in [2.05, 4.69) is 145 Å². The van der Waals surface area contributed by atoms with Crippen LogP contribution in [0.3, 0.4) is 0 Å². The standard InChI is InChI=1S/C30H26N2/c1-31-19-3-5-27-17-15-25(21-29(27)31)13-11-23-7-9-24(10-8-23)12-14-26-16-18-28-6-4-20-32(2)30(28)22-26/h3-22H,1-2H3/q+2/b13-11+,14-12+. The van der Waals surface area contributed by atoms with E-state index in [1.165, 1.54) is 44.1 Å². The molecule has 2 heteroatoms. The number of hydrogen-bond acceptors (Lipinski definition) is 0. The van der Waals surface area contributed by atoms with Crippen LogP contribution in [0.4, 0.5) is 0 Å². The number of nitrogens with zero attached hydrogens (tertiary/aromatic N) is 2. The Balaban J connectivity index is 1.32. The third-order valence-electron chi connectivity index (χ3n) is 5.91. The largest absolute Gasteiger partial charge is 0.212 e. The van der Waals surface area contributed by atoms with Gasteiger partial charge in [0.05, 0.1) is 0 Å². The Morgan fingerprint density at radius 1 is 0.469 bits per heavy atom. The monoisotopic (exact) mass is 414 g/mol. The molecule has 0 amide bonds. The molecule has 32 heavy (non-hydrogen) atoms. The van der Waals surface area contributed by atoms with Crippen LogP contribution in [0.2, 0.25) is 0 Å². The maximum absolute atomic E-state index is 2.23. The van der Waals surface area contributed by atoms with Crippen molar-refractivity contribution in [3.8, 4) is 0 Å². The Morgan fingerprint density at radius 3 is 1.28 bits per heavy atom. The fourth-order valence-corrected chi connectivity index (χ4v) is 4.04. The van der Waals surface area contributed by atoms with E-state index >= 15 is 0 Å². The van der Waals surface area contributed by atoms with Crippen LogP contribution < -0.4 is 9.13 Å². The first kappa shape index (κ1) is 19.9. The van der Waals surface area contributed by atoms with Gasteiger partial charge in [-0.3, -0.25) is 0 Å². The number of fused-ring (bicyclic) bond motifs is 2. The molecule has 0 N–H and O–H groups in total. The van der Waals surface area contributed by atoms with E-state index in [1.54, 1.807) is 0 Å². The molecule has 154 valence electrons. The van der Waals surface area contributed by atoms with Crippen LogP contribution >= 0.6 is 0 Å². The molecule has 5 rings (SSSR count). The number of aromatic nitrogens is 2. The van der Waals surface area contributed by atoms with Crippen molar-refractivity contribution in [2.45, 2.75) is 0 Å². The highest BCUT2D eigenvalue weighted by atomic mass is 14.9. The molecule has 0 atom stereocenters. The van der Waals surface area contributed by atoms with Crippen molar-refractivity contribution in [2.75, 3.05) is 0 Å². The van der Waals surface area contributed by atoms with E-state index in [0.717, 1.165) is 0 Å². The second kappa shape index (κ2) is 8.60. The molecule has 0 spiro atoms. The van der Waals surface area contributed by atoms with Gasteiger partial charge >= 0.3 is 0 Å². The lowest BCUT2D eigenvalue weighted by Gasteiger charge is -2.00. The summed E-state index contributed by atoms with van der Waals surface area (Å²) < 4.78 is 4.31. The van der Waals surface area contributed by atoms with E-state index in [9.17, 15) is 0 Å². The van der Waals surface area contributed by atoms with Crippen LogP contribution in [-0.4, -0.2) is 0 Å². The first-order valence-electron chi connectivity index (χ1n) is 10.9. The molecular formula is C30H26N2+2. The maximum atomic E-state index is 2.23. The van der Waals surface area contributed by atoms with Gasteiger partial charge in [-0.15, -0.1) is 0 Å². The number of benzene rings is 3. The SMILES string of the molecule is C[n+]1cccc2ccc(/C=C/c3ccc(/C=C/c4ccc5ccc[n+](C)c5c4)cc3)cc21.